The topological polar surface area (TPSA) is 38.3 Å². The highest BCUT2D eigenvalue weighted by atomic mass is 32.2. The van der Waals surface area contributed by atoms with Crippen molar-refractivity contribution < 1.29 is 9.53 Å². The van der Waals surface area contributed by atoms with Gasteiger partial charge in [-0.05, 0) is 37.8 Å². The number of ether oxygens (including phenoxy) is 1. The molecule has 1 unspecified atom stereocenters. The highest BCUT2D eigenvalue weighted by Gasteiger charge is 2.08. The lowest BCUT2D eigenvalue weighted by molar-refractivity contribution is 0.115. The fraction of sp³-hybridized carbons (Fsp3) is 0.462. The average molecular weight is 253 g/mol. The Hall–Kier alpha value is -1.16. The van der Waals surface area contributed by atoms with E-state index in [4.69, 9.17) is 4.74 Å². The van der Waals surface area contributed by atoms with E-state index in [-0.39, 0.29) is 12.2 Å². The molecule has 0 fully saturated rings. The summed E-state index contributed by atoms with van der Waals surface area (Å²) >= 11 is 1.64. The van der Waals surface area contributed by atoms with Crippen LogP contribution in [0.2, 0.25) is 0 Å². The largest absolute Gasteiger partial charge is 0.446 e. The van der Waals surface area contributed by atoms with E-state index in [9.17, 15) is 4.79 Å². The zero-order chi connectivity index (χ0) is 12.7. The monoisotopic (exact) mass is 253 g/mol. The van der Waals surface area contributed by atoms with Gasteiger partial charge in [-0.1, -0.05) is 19.4 Å². The van der Waals surface area contributed by atoms with Crippen LogP contribution >= 0.6 is 11.8 Å². The van der Waals surface area contributed by atoms with Crippen LogP contribution in [0.5, 0.6) is 0 Å². The Morgan fingerprint density at radius 1 is 1.53 bits per heavy atom. The van der Waals surface area contributed by atoms with Crippen molar-refractivity contribution in [3.63, 3.8) is 0 Å². The van der Waals surface area contributed by atoms with Gasteiger partial charge in [0.25, 0.3) is 0 Å². The van der Waals surface area contributed by atoms with Gasteiger partial charge < -0.3 is 4.74 Å². The minimum atomic E-state index is -0.385. The first kappa shape index (κ1) is 13.9. The molecule has 1 amide bonds. The lowest BCUT2D eigenvalue weighted by Gasteiger charge is -2.13. The molecule has 3 nitrogen and oxygen atoms in total. The van der Waals surface area contributed by atoms with Gasteiger partial charge >= 0.3 is 6.09 Å². The van der Waals surface area contributed by atoms with Crippen LogP contribution in [0, 0.1) is 0 Å². The van der Waals surface area contributed by atoms with Gasteiger partial charge in [-0.3, -0.25) is 5.32 Å². The smallest absolute Gasteiger partial charge is 0.411 e. The first-order chi connectivity index (χ1) is 8.15. The standard InChI is InChI=1S/C13H19NO2S/c1-4-6-10(2)16-13(15)14-11-7-5-8-12(9-11)17-3/h5,7-10H,4,6H2,1-3H3,(H,14,15). The fourth-order valence-corrected chi connectivity index (χ4v) is 1.96. The molecule has 1 atom stereocenters. The predicted molar refractivity (Wildman–Crippen MR) is 72.7 cm³/mol. The summed E-state index contributed by atoms with van der Waals surface area (Å²) < 4.78 is 5.21. The fourth-order valence-electron chi connectivity index (χ4n) is 1.50. The van der Waals surface area contributed by atoms with Crippen LogP contribution in [0.1, 0.15) is 26.7 Å². The molecule has 4 heteroatoms. The van der Waals surface area contributed by atoms with Crippen molar-refractivity contribution in [1.82, 2.24) is 0 Å². The van der Waals surface area contributed by atoms with E-state index in [1.54, 1.807) is 11.8 Å². The normalized spacial score (nSPS) is 11.9. The Morgan fingerprint density at radius 3 is 2.94 bits per heavy atom. The summed E-state index contributed by atoms with van der Waals surface area (Å²) in [7, 11) is 0. The highest BCUT2D eigenvalue weighted by Crippen LogP contribution is 2.19. The van der Waals surface area contributed by atoms with Gasteiger partial charge in [0.2, 0.25) is 0 Å². The molecule has 0 bridgehead atoms. The Labute approximate surface area is 107 Å². The summed E-state index contributed by atoms with van der Waals surface area (Å²) in [5.41, 5.74) is 0.769. The maximum absolute atomic E-state index is 11.6. The lowest BCUT2D eigenvalue weighted by atomic mass is 10.2. The third kappa shape index (κ3) is 5.13. The number of thioether (sulfide) groups is 1. The molecular weight excluding hydrogens is 234 g/mol. The molecule has 0 heterocycles. The molecule has 0 aliphatic heterocycles. The van der Waals surface area contributed by atoms with Gasteiger partial charge in [0.1, 0.15) is 6.10 Å². The van der Waals surface area contributed by atoms with Gasteiger partial charge in [0, 0.05) is 10.6 Å². The maximum Gasteiger partial charge on any atom is 0.411 e. The molecular formula is C13H19NO2S. The first-order valence-corrected chi connectivity index (χ1v) is 7.00. The number of hydrogen-bond acceptors (Lipinski definition) is 3. The highest BCUT2D eigenvalue weighted by molar-refractivity contribution is 7.98. The molecule has 0 aromatic heterocycles. The van der Waals surface area contributed by atoms with Crippen molar-refractivity contribution in [3.05, 3.63) is 24.3 Å². The van der Waals surface area contributed by atoms with Crippen molar-refractivity contribution in [2.75, 3.05) is 11.6 Å². The second-order valence-electron chi connectivity index (χ2n) is 3.86. The summed E-state index contributed by atoms with van der Waals surface area (Å²) in [6, 6.07) is 7.69. The number of rotatable bonds is 5. The molecule has 0 saturated carbocycles. The van der Waals surface area contributed by atoms with Gasteiger partial charge in [-0.25, -0.2) is 4.79 Å². The number of carbonyl (C=O) groups is 1. The second kappa shape index (κ2) is 7.22. The minimum Gasteiger partial charge on any atom is -0.446 e. The molecule has 17 heavy (non-hydrogen) atoms. The molecule has 0 radical (unpaired) electrons. The van der Waals surface area contributed by atoms with E-state index in [0.717, 1.165) is 23.4 Å². The summed E-state index contributed by atoms with van der Waals surface area (Å²) in [5.74, 6) is 0. The summed E-state index contributed by atoms with van der Waals surface area (Å²) in [5, 5.41) is 2.73. The van der Waals surface area contributed by atoms with Crippen LogP contribution < -0.4 is 5.32 Å². The van der Waals surface area contributed by atoms with Crippen LogP contribution in [0.3, 0.4) is 0 Å². The van der Waals surface area contributed by atoms with Crippen molar-refractivity contribution in [2.24, 2.45) is 0 Å². The Kier molecular flexibility index (Phi) is 5.91. The van der Waals surface area contributed by atoms with Crippen molar-refractivity contribution >= 4 is 23.5 Å². The average Bonchev–Trinajstić information content (AvgIpc) is 2.29. The first-order valence-electron chi connectivity index (χ1n) is 5.77. The lowest BCUT2D eigenvalue weighted by Crippen LogP contribution is -2.20. The number of carbonyl (C=O) groups excluding carboxylic acids is 1. The van der Waals surface area contributed by atoms with E-state index in [1.807, 2.05) is 37.4 Å². The van der Waals surface area contributed by atoms with Crippen LogP contribution in [-0.2, 0) is 4.74 Å². The van der Waals surface area contributed by atoms with Crippen LogP contribution in [0.25, 0.3) is 0 Å². The van der Waals surface area contributed by atoms with Gasteiger partial charge in [0.05, 0.1) is 0 Å². The molecule has 94 valence electrons. The van der Waals surface area contributed by atoms with Crippen LogP contribution in [0.4, 0.5) is 10.5 Å². The molecule has 1 aromatic carbocycles. The van der Waals surface area contributed by atoms with E-state index in [1.165, 1.54) is 0 Å². The molecule has 0 saturated heterocycles. The van der Waals surface area contributed by atoms with Gasteiger partial charge in [0.15, 0.2) is 0 Å². The number of nitrogens with one attached hydrogen (secondary N) is 1. The quantitative estimate of drug-likeness (QED) is 0.801. The van der Waals surface area contributed by atoms with Crippen molar-refractivity contribution in [3.8, 4) is 0 Å². The van der Waals surface area contributed by atoms with Gasteiger partial charge in [-0.15, -0.1) is 11.8 Å². The maximum atomic E-state index is 11.6. The summed E-state index contributed by atoms with van der Waals surface area (Å²) in [6.45, 7) is 3.97. The Balaban J connectivity index is 2.49. The molecule has 0 aliphatic rings. The third-order valence-electron chi connectivity index (χ3n) is 2.32. The van der Waals surface area contributed by atoms with E-state index in [2.05, 4.69) is 12.2 Å². The molecule has 0 spiro atoms. The van der Waals surface area contributed by atoms with Crippen molar-refractivity contribution in [2.45, 2.75) is 37.7 Å². The number of amides is 1. The number of anilines is 1. The minimum absolute atomic E-state index is 0.0382. The van der Waals surface area contributed by atoms with Gasteiger partial charge in [-0.2, -0.15) is 0 Å². The Bertz CT molecular complexity index is 368. The van der Waals surface area contributed by atoms with Crippen LogP contribution in [-0.4, -0.2) is 18.5 Å². The second-order valence-corrected chi connectivity index (χ2v) is 4.74. The summed E-state index contributed by atoms with van der Waals surface area (Å²) in [6.07, 6.45) is 3.48. The van der Waals surface area contributed by atoms with E-state index >= 15 is 0 Å². The third-order valence-corrected chi connectivity index (χ3v) is 3.04. The SMILES string of the molecule is CCCC(C)OC(=O)Nc1cccc(SC)c1. The zero-order valence-electron chi connectivity index (χ0n) is 10.5. The summed E-state index contributed by atoms with van der Waals surface area (Å²) in [4.78, 5) is 12.7. The zero-order valence-corrected chi connectivity index (χ0v) is 11.3. The number of benzene rings is 1. The van der Waals surface area contributed by atoms with Crippen molar-refractivity contribution in [1.29, 1.82) is 0 Å². The van der Waals surface area contributed by atoms with E-state index < -0.39 is 0 Å². The predicted octanol–water partition coefficient (Wildman–Crippen LogP) is 4.15. The molecule has 1 rings (SSSR count). The molecule has 1 N–H and O–H groups in total. The van der Waals surface area contributed by atoms with Crippen LogP contribution in [0.15, 0.2) is 29.2 Å². The molecule has 0 aliphatic carbocycles. The van der Waals surface area contributed by atoms with E-state index in [0.29, 0.717) is 0 Å². The Morgan fingerprint density at radius 2 is 2.29 bits per heavy atom. The number of hydrogen-bond donors (Lipinski definition) is 1. The molecule has 1 aromatic rings.